The fraction of sp³-hybridized carbons (Fsp3) is 0.400. The third-order valence-corrected chi connectivity index (χ3v) is 6.57. The van der Waals surface area contributed by atoms with Crippen molar-refractivity contribution in [2.75, 3.05) is 45.3 Å². The standard InChI is InChI=1S/C25H31N5O3/c1-27(2)22(31)18-29-19-30(21-11-7-4-8-12-21)25(23(29)32)13-15-28(16-14-25)24(33)26-17-20-9-5-3-6-10-20/h3-12H,13-19H2,1-2H3,(H,26,33). The van der Waals surface area contributed by atoms with Gasteiger partial charge in [0.2, 0.25) is 5.91 Å². The van der Waals surface area contributed by atoms with Crippen LogP contribution in [0.2, 0.25) is 0 Å². The molecule has 0 aliphatic carbocycles. The second-order valence-corrected chi connectivity index (χ2v) is 8.86. The number of likely N-dealkylation sites (N-methyl/N-ethyl adjacent to an activating group) is 1. The Kier molecular flexibility index (Phi) is 6.53. The van der Waals surface area contributed by atoms with Crippen LogP contribution < -0.4 is 10.2 Å². The molecule has 0 atom stereocenters. The Morgan fingerprint density at radius 1 is 0.970 bits per heavy atom. The average molecular weight is 450 g/mol. The van der Waals surface area contributed by atoms with Crippen LogP contribution in [0.1, 0.15) is 18.4 Å². The maximum absolute atomic E-state index is 13.6. The summed E-state index contributed by atoms with van der Waals surface area (Å²) in [6, 6.07) is 19.5. The fourth-order valence-electron chi connectivity index (χ4n) is 4.59. The molecule has 2 fully saturated rings. The van der Waals surface area contributed by atoms with Gasteiger partial charge in [0.05, 0.1) is 6.67 Å². The number of hydrogen-bond acceptors (Lipinski definition) is 4. The van der Waals surface area contributed by atoms with Crippen LogP contribution in [0.5, 0.6) is 0 Å². The molecule has 8 nitrogen and oxygen atoms in total. The van der Waals surface area contributed by atoms with Crippen molar-refractivity contribution in [3.05, 3.63) is 66.2 Å². The molecule has 0 radical (unpaired) electrons. The van der Waals surface area contributed by atoms with Crippen LogP contribution in [-0.4, -0.2) is 78.5 Å². The van der Waals surface area contributed by atoms with Gasteiger partial charge in [0, 0.05) is 39.4 Å². The molecule has 0 aromatic heterocycles. The lowest BCUT2D eigenvalue weighted by atomic mass is 9.85. The van der Waals surface area contributed by atoms with Gasteiger partial charge in [-0.05, 0) is 30.5 Å². The molecule has 1 spiro atoms. The third kappa shape index (κ3) is 4.65. The molecule has 8 heteroatoms. The van der Waals surface area contributed by atoms with E-state index in [1.54, 1.807) is 23.9 Å². The summed E-state index contributed by atoms with van der Waals surface area (Å²) in [6.07, 6.45) is 1.04. The van der Waals surface area contributed by atoms with Crippen molar-refractivity contribution in [3.63, 3.8) is 0 Å². The van der Waals surface area contributed by atoms with Gasteiger partial charge in [0.15, 0.2) is 0 Å². The fourth-order valence-corrected chi connectivity index (χ4v) is 4.59. The van der Waals surface area contributed by atoms with Crippen LogP contribution >= 0.6 is 0 Å². The van der Waals surface area contributed by atoms with Gasteiger partial charge in [-0.3, -0.25) is 9.59 Å². The number of benzene rings is 2. The second-order valence-electron chi connectivity index (χ2n) is 8.86. The number of carbonyl (C=O) groups is 3. The van der Waals surface area contributed by atoms with Gasteiger partial charge in [-0.25, -0.2) is 4.79 Å². The molecule has 2 aliphatic rings. The number of urea groups is 1. The second kappa shape index (κ2) is 9.52. The van der Waals surface area contributed by atoms with E-state index in [4.69, 9.17) is 0 Å². The Morgan fingerprint density at radius 2 is 1.58 bits per heavy atom. The van der Waals surface area contributed by atoms with E-state index < -0.39 is 5.54 Å². The van der Waals surface area contributed by atoms with E-state index in [2.05, 4.69) is 10.2 Å². The molecule has 2 aromatic rings. The highest BCUT2D eigenvalue weighted by Gasteiger charge is 2.54. The number of rotatable bonds is 5. The Labute approximate surface area is 194 Å². The zero-order valence-corrected chi connectivity index (χ0v) is 19.2. The molecular formula is C25H31N5O3. The quantitative estimate of drug-likeness (QED) is 0.759. The molecule has 0 unspecified atom stereocenters. The molecular weight excluding hydrogens is 418 g/mol. The van der Waals surface area contributed by atoms with Gasteiger partial charge in [0.25, 0.3) is 5.91 Å². The Balaban J connectivity index is 1.47. The van der Waals surface area contributed by atoms with Crippen molar-refractivity contribution < 1.29 is 14.4 Å². The predicted molar refractivity (Wildman–Crippen MR) is 126 cm³/mol. The number of nitrogens with zero attached hydrogens (tertiary/aromatic N) is 4. The first kappa shape index (κ1) is 22.6. The van der Waals surface area contributed by atoms with E-state index in [1.165, 1.54) is 4.90 Å². The Morgan fingerprint density at radius 3 is 2.18 bits per heavy atom. The zero-order valence-electron chi connectivity index (χ0n) is 19.2. The van der Waals surface area contributed by atoms with Gasteiger partial charge in [-0.2, -0.15) is 0 Å². The SMILES string of the molecule is CN(C)C(=O)CN1CN(c2ccccc2)C2(CCN(C(=O)NCc3ccccc3)CC2)C1=O. The van der Waals surface area contributed by atoms with Gasteiger partial charge >= 0.3 is 6.03 Å². The minimum atomic E-state index is -0.746. The van der Waals surface area contributed by atoms with E-state index in [0.717, 1.165) is 11.3 Å². The van der Waals surface area contributed by atoms with Gasteiger partial charge in [0.1, 0.15) is 12.1 Å². The largest absolute Gasteiger partial charge is 0.347 e. The number of amides is 4. The summed E-state index contributed by atoms with van der Waals surface area (Å²) in [5, 5.41) is 2.98. The maximum atomic E-state index is 13.6. The van der Waals surface area contributed by atoms with E-state index >= 15 is 0 Å². The number of anilines is 1. The summed E-state index contributed by atoms with van der Waals surface area (Å²) < 4.78 is 0. The molecule has 1 N–H and O–H groups in total. The lowest BCUT2D eigenvalue weighted by molar-refractivity contribution is -0.139. The van der Waals surface area contributed by atoms with Gasteiger partial charge in [-0.15, -0.1) is 0 Å². The summed E-state index contributed by atoms with van der Waals surface area (Å²) in [5.41, 5.74) is 1.25. The summed E-state index contributed by atoms with van der Waals surface area (Å²) >= 11 is 0. The summed E-state index contributed by atoms with van der Waals surface area (Å²) in [7, 11) is 3.39. The number of carbonyl (C=O) groups excluding carboxylic acids is 3. The summed E-state index contributed by atoms with van der Waals surface area (Å²) in [4.78, 5) is 45.7. The first-order valence-corrected chi connectivity index (χ1v) is 11.3. The number of piperidine rings is 1. The molecule has 33 heavy (non-hydrogen) atoms. The van der Waals surface area contributed by atoms with Crippen LogP contribution in [0, 0.1) is 0 Å². The number of likely N-dealkylation sites (tertiary alicyclic amines) is 1. The number of hydrogen-bond donors (Lipinski definition) is 1. The lowest BCUT2D eigenvalue weighted by Gasteiger charge is -2.43. The normalized spacial score (nSPS) is 17.4. The van der Waals surface area contributed by atoms with Crippen molar-refractivity contribution in [2.24, 2.45) is 0 Å². The molecule has 4 rings (SSSR count). The van der Waals surface area contributed by atoms with Crippen LogP contribution in [-0.2, 0) is 16.1 Å². The topological polar surface area (TPSA) is 76.2 Å². The molecule has 0 bridgehead atoms. The number of para-hydroxylation sites is 1. The monoisotopic (exact) mass is 449 g/mol. The average Bonchev–Trinajstić information content (AvgIpc) is 3.10. The predicted octanol–water partition coefficient (Wildman–Crippen LogP) is 2.13. The smallest absolute Gasteiger partial charge is 0.317 e. The van der Waals surface area contributed by atoms with E-state index in [-0.39, 0.29) is 24.4 Å². The van der Waals surface area contributed by atoms with Crippen LogP contribution in [0.3, 0.4) is 0 Å². The highest BCUT2D eigenvalue weighted by Crippen LogP contribution is 2.39. The molecule has 0 saturated carbocycles. The molecule has 2 aliphatic heterocycles. The highest BCUT2D eigenvalue weighted by atomic mass is 16.2. The first-order chi connectivity index (χ1) is 15.9. The van der Waals surface area contributed by atoms with Crippen LogP contribution in [0.4, 0.5) is 10.5 Å². The van der Waals surface area contributed by atoms with E-state index in [9.17, 15) is 14.4 Å². The molecule has 2 saturated heterocycles. The minimum absolute atomic E-state index is 0.0362. The van der Waals surface area contributed by atoms with Crippen molar-refractivity contribution in [2.45, 2.75) is 24.9 Å². The maximum Gasteiger partial charge on any atom is 0.317 e. The number of nitrogens with one attached hydrogen (secondary N) is 1. The molecule has 2 aromatic carbocycles. The van der Waals surface area contributed by atoms with E-state index in [0.29, 0.717) is 39.1 Å². The van der Waals surface area contributed by atoms with Crippen molar-refractivity contribution in [1.82, 2.24) is 20.0 Å². The molecule has 174 valence electrons. The van der Waals surface area contributed by atoms with E-state index in [1.807, 2.05) is 60.7 Å². The van der Waals surface area contributed by atoms with Crippen molar-refractivity contribution in [1.29, 1.82) is 0 Å². The van der Waals surface area contributed by atoms with Crippen LogP contribution in [0.15, 0.2) is 60.7 Å². The Hall–Kier alpha value is -3.55. The third-order valence-electron chi connectivity index (χ3n) is 6.57. The van der Waals surface area contributed by atoms with Crippen LogP contribution in [0.25, 0.3) is 0 Å². The van der Waals surface area contributed by atoms with Gasteiger partial charge in [-0.1, -0.05) is 48.5 Å². The zero-order chi connectivity index (χ0) is 23.4. The summed E-state index contributed by atoms with van der Waals surface area (Å²) in [6.45, 7) is 1.84. The van der Waals surface area contributed by atoms with Crippen molar-refractivity contribution >= 4 is 23.5 Å². The minimum Gasteiger partial charge on any atom is -0.347 e. The molecule has 2 heterocycles. The highest BCUT2D eigenvalue weighted by molar-refractivity contribution is 5.96. The van der Waals surface area contributed by atoms with Gasteiger partial charge < -0.3 is 24.9 Å². The lowest BCUT2D eigenvalue weighted by Crippen LogP contribution is -2.58. The molecule has 4 amide bonds. The summed E-state index contributed by atoms with van der Waals surface area (Å²) in [5.74, 6) is -0.142. The van der Waals surface area contributed by atoms with Crippen molar-refractivity contribution in [3.8, 4) is 0 Å². The first-order valence-electron chi connectivity index (χ1n) is 11.3. The Bertz CT molecular complexity index is 988.